The summed E-state index contributed by atoms with van der Waals surface area (Å²) in [6.45, 7) is 3.73. The summed E-state index contributed by atoms with van der Waals surface area (Å²) in [4.78, 5) is 31.1. The maximum Gasteiger partial charge on any atom is 0.255 e. The number of carbonyl (C=O) groups is 2. The van der Waals surface area contributed by atoms with Crippen LogP contribution in [0.5, 0.6) is 0 Å². The molecule has 8 nitrogen and oxygen atoms in total. The Balaban J connectivity index is 1.72. The first-order chi connectivity index (χ1) is 12.5. The zero-order valence-electron chi connectivity index (χ0n) is 15.3. The second kappa shape index (κ2) is 7.65. The molecule has 0 bridgehead atoms. The Morgan fingerprint density at radius 2 is 2.00 bits per heavy atom. The standard InChI is InChI=1S/C18H24N6O2/c1-12-14(9-23(3)22-12)18(26)21-16-11-24(10-15(16)17(25)19-2)8-13-4-6-20-7-5-13/h4-7,9,15-16H,8,10-11H2,1-3H3,(H,19,25)(H,21,26)/t15-,16-/m0/s1. The summed E-state index contributed by atoms with van der Waals surface area (Å²) in [5, 5.41) is 9.94. The summed E-state index contributed by atoms with van der Waals surface area (Å²) in [5.41, 5.74) is 2.34. The Bertz CT molecular complexity index is 788. The van der Waals surface area contributed by atoms with Crippen LogP contribution in [0, 0.1) is 12.8 Å². The minimum Gasteiger partial charge on any atom is -0.359 e. The van der Waals surface area contributed by atoms with Crippen molar-refractivity contribution in [2.45, 2.75) is 19.5 Å². The molecule has 1 aliphatic heterocycles. The Kier molecular flexibility index (Phi) is 5.32. The molecular formula is C18H24N6O2. The van der Waals surface area contributed by atoms with E-state index in [2.05, 4.69) is 25.6 Å². The quantitative estimate of drug-likeness (QED) is 0.793. The van der Waals surface area contributed by atoms with Crippen molar-refractivity contribution < 1.29 is 9.59 Å². The van der Waals surface area contributed by atoms with E-state index in [1.807, 2.05) is 12.1 Å². The molecule has 0 spiro atoms. The first-order valence-electron chi connectivity index (χ1n) is 8.62. The third-order valence-corrected chi connectivity index (χ3v) is 4.71. The summed E-state index contributed by atoms with van der Waals surface area (Å²) >= 11 is 0. The van der Waals surface area contributed by atoms with Crippen LogP contribution >= 0.6 is 0 Å². The number of nitrogens with zero attached hydrogens (tertiary/aromatic N) is 4. The van der Waals surface area contributed by atoms with E-state index < -0.39 is 0 Å². The van der Waals surface area contributed by atoms with Crippen LogP contribution in [0.4, 0.5) is 0 Å². The molecule has 26 heavy (non-hydrogen) atoms. The molecule has 0 radical (unpaired) electrons. The number of amides is 2. The third-order valence-electron chi connectivity index (χ3n) is 4.71. The number of aromatic nitrogens is 3. The molecule has 1 fully saturated rings. The number of hydrogen-bond donors (Lipinski definition) is 2. The van der Waals surface area contributed by atoms with Crippen LogP contribution in [0.2, 0.25) is 0 Å². The number of likely N-dealkylation sites (tertiary alicyclic amines) is 1. The number of carbonyl (C=O) groups excluding carboxylic acids is 2. The van der Waals surface area contributed by atoms with Gasteiger partial charge in [-0.3, -0.25) is 24.2 Å². The van der Waals surface area contributed by atoms with Crippen molar-refractivity contribution in [3.8, 4) is 0 Å². The molecule has 0 aliphatic carbocycles. The first kappa shape index (κ1) is 18.1. The van der Waals surface area contributed by atoms with Crippen LogP contribution in [0.15, 0.2) is 30.7 Å². The van der Waals surface area contributed by atoms with Crippen LogP contribution in [0.1, 0.15) is 21.6 Å². The average molecular weight is 356 g/mol. The van der Waals surface area contributed by atoms with Gasteiger partial charge in [-0.2, -0.15) is 5.10 Å². The molecule has 2 atom stereocenters. The monoisotopic (exact) mass is 356 g/mol. The lowest BCUT2D eigenvalue weighted by molar-refractivity contribution is -0.124. The topological polar surface area (TPSA) is 92.2 Å². The summed E-state index contributed by atoms with van der Waals surface area (Å²) in [6.07, 6.45) is 5.21. The van der Waals surface area contributed by atoms with Crippen molar-refractivity contribution in [2.75, 3.05) is 20.1 Å². The highest BCUT2D eigenvalue weighted by Gasteiger charge is 2.38. The molecule has 3 heterocycles. The second-order valence-electron chi connectivity index (χ2n) is 6.65. The molecule has 2 amide bonds. The van der Waals surface area contributed by atoms with Crippen molar-refractivity contribution in [3.05, 3.63) is 47.5 Å². The van der Waals surface area contributed by atoms with Gasteiger partial charge in [0.15, 0.2) is 0 Å². The summed E-state index contributed by atoms with van der Waals surface area (Å²) in [7, 11) is 3.40. The van der Waals surface area contributed by atoms with E-state index >= 15 is 0 Å². The van der Waals surface area contributed by atoms with Gasteiger partial charge in [-0.25, -0.2) is 0 Å². The van der Waals surface area contributed by atoms with E-state index in [1.54, 1.807) is 44.3 Å². The molecule has 138 valence electrons. The smallest absolute Gasteiger partial charge is 0.255 e. The van der Waals surface area contributed by atoms with Crippen molar-refractivity contribution in [1.29, 1.82) is 0 Å². The molecule has 3 rings (SSSR count). The van der Waals surface area contributed by atoms with Gasteiger partial charge in [0.1, 0.15) is 0 Å². The van der Waals surface area contributed by atoms with Crippen LogP contribution in [-0.4, -0.2) is 57.7 Å². The molecule has 1 saturated heterocycles. The molecule has 0 unspecified atom stereocenters. The summed E-state index contributed by atoms with van der Waals surface area (Å²) in [5.74, 6) is -0.543. The van der Waals surface area contributed by atoms with Gasteiger partial charge in [-0.1, -0.05) is 0 Å². The molecule has 1 aliphatic rings. The number of aryl methyl sites for hydroxylation is 2. The zero-order valence-corrected chi connectivity index (χ0v) is 15.3. The number of nitrogens with one attached hydrogen (secondary N) is 2. The maximum absolute atomic E-state index is 12.6. The fourth-order valence-corrected chi connectivity index (χ4v) is 3.43. The third kappa shape index (κ3) is 3.91. The fraction of sp³-hybridized carbons (Fsp3) is 0.444. The van der Waals surface area contributed by atoms with Gasteiger partial charge >= 0.3 is 0 Å². The highest BCUT2D eigenvalue weighted by atomic mass is 16.2. The lowest BCUT2D eigenvalue weighted by Crippen LogP contribution is -2.45. The summed E-state index contributed by atoms with van der Waals surface area (Å²) < 4.78 is 1.62. The maximum atomic E-state index is 12.6. The normalized spacial score (nSPS) is 20.1. The predicted molar refractivity (Wildman–Crippen MR) is 96.3 cm³/mol. The molecule has 8 heteroatoms. The minimum atomic E-state index is -0.289. The highest BCUT2D eigenvalue weighted by Crippen LogP contribution is 2.20. The van der Waals surface area contributed by atoms with Gasteiger partial charge in [0, 0.05) is 52.3 Å². The number of rotatable bonds is 5. The van der Waals surface area contributed by atoms with Crippen molar-refractivity contribution in [1.82, 2.24) is 30.3 Å². The van der Waals surface area contributed by atoms with Crippen LogP contribution in [0.3, 0.4) is 0 Å². The van der Waals surface area contributed by atoms with Gasteiger partial charge in [-0.15, -0.1) is 0 Å². The van der Waals surface area contributed by atoms with Crippen molar-refractivity contribution in [2.24, 2.45) is 13.0 Å². The lowest BCUT2D eigenvalue weighted by Gasteiger charge is -2.18. The lowest BCUT2D eigenvalue weighted by atomic mass is 10.0. The summed E-state index contributed by atoms with van der Waals surface area (Å²) in [6, 6.07) is 3.67. The highest BCUT2D eigenvalue weighted by molar-refractivity contribution is 5.95. The minimum absolute atomic E-state index is 0.0598. The van der Waals surface area contributed by atoms with Crippen molar-refractivity contribution in [3.63, 3.8) is 0 Å². The van der Waals surface area contributed by atoms with E-state index in [0.29, 0.717) is 30.9 Å². The van der Waals surface area contributed by atoms with E-state index in [0.717, 1.165) is 5.56 Å². The SMILES string of the molecule is CNC(=O)[C@H]1CN(Cc2ccncc2)C[C@@H]1NC(=O)c1cn(C)nc1C. The Labute approximate surface area is 152 Å². The zero-order chi connectivity index (χ0) is 18.7. The van der Waals surface area contributed by atoms with Gasteiger partial charge < -0.3 is 10.6 Å². The largest absolute Gasteiger partial charge is 0.359 e. The first-order valence-corrected chi connectivity index (χ1v) is 8.62. The molecular weight excluding hydrogens is 332 g/mol. The van der Waals surface area contributed by atoms with Crippen molar-refractivity contribution >= 4 is 11.8 Å². The molecule has 0 aromatic carbocycles. The Morgan fingerprint density at radius 1 is 1.27 bits per heavy atom. The van der Waals surface area contributed by atoms with E-state index in [9.17, 15) is 9.59 Å². The molecule has 0 saturated carbocycles. The molecule has 2 aromatic rings. The van der Waals surface area contributed by atoms with Crippen LogP contribution < -0.4 is 10.6 Å². The Morgan fingerprint density at radius 3 is 2.62 bits per heavy atom. The van der Waals surface area contributed by atoms with E-state index in [-0.39, 0.29) is 23.8 Å². The molecule has 2 N–H and O–H groups in total. The van der Waals surface area contributed by atoms with Crippen LogP contribution in [-0.2, 0) is 18.4 Å². The van der Waals surface area contributed by atoms with E-state index in [1.165, 1.54) is 0 Å². The second-order valence-corrected chi connectivity index (χ2v) is 6.65. The van der Waals surface area contributed by atoms with Gasteiger partial charge in [0.25, 0.3) is 5.91 Å². The van der Waals surface area contributed by atoms with E-state index in [4.69, 9.17) is 0 Å². The molecule has 2 aromatic heterocycles. The number of hydrogen-bond acceptors (Lipinski definition) is 5. The van der Waals surface area contributed by atoms with Gasteiger partial charge in [0.05, 0.1) is 23.2 Å². The van der Waals surface area contributed by atoms with Crippen LogP contribution in [0.25, 0.3) is 0 Å². The van der Waals surface area contributed by atoms with Gasteiger partial charge in [0.2, 0.25) is 5.91 Å². The number of pyridine rings is 1. The Hall–Kier alpha value is -2.74. The van der Waals surface area contributed by atoms with Gasteiger partial charge in [-0.05, 0) is 24.6 Å². The predicted octanol–water partition coefficient (Wildman–Crippen LogP) is 0.0999. The average Bonchev–Trinajstić information content (AvgIpc) is 3.17. The fourth-order valence-electron chi connectivity index (χ4n) is 3.43.